The van der Waals surface area contributed by atoms with Gasteiger partial charge in [-0.25, -0.2) is 0 Å². The molecule has 0 bridgehead atoms. The Balaban J connectivity index is 2.65. The molecular formula is C12H22N2OS. The van der Waals surface area contributed by atoms with Gasteiger partial charge in [-0.2, -0.15) is 12.6 Å². The fourth-order valence-corrected chi connectivity index (χ4v) is 1.46. The summed E-state index contributed by atoms with van der Waals surface area (Å²) in [4.78, 5) is 0. The van der Waals surface area contributed by atoms with E-state index in [1.807, 2.05) is 0 Å². The molecule has 0 atom stereocenters. The van der Waals surface area contributed by atoms with E-state index < -0.39 is 0 Å². The SMILES string of the molecule is CC(C)(C)Cc1nnc(CC(C)(C)CS)o1. The van der Waals surface area contributed by atoms with Crippen molar-refractivity contribution in [3.8, 4) is 0 Å². The van der Waals surface area contributed by atoms with Gasteiger partial charge < -0.3 is 4.42 Å². The first-order chi connectivity index (χ1) is 7.22. The van der Waals surface area contributed by atoms with Crippen LogP contribution in [0.3, 0.4) is 0 Å². The highest BCUT2D eigenvalue weighted by atomic mass is 32.1. The molecule has 1 heterocycles. The Morgan fingerprint density at radius 1 is 1.00 bits per heavy atom. The van der Waals surface area contributed by atoms with E-state index >= 15 is 0 Å². The summed E-state index contributed by atoms with van der Waals surface area (Å²) in [6.07, 6.45) is 1.61. The number of hydrogen-bond acceptors (Lipinski definition) is 4. The van der Waals surface area contributed by atoms with Gasteiger partial charge in [0.2, 0.25) is 11.8 Å². The highest BCUT2D eigenvalue weighted by Gasteiger charge is 2.22. The van der Waals surface area contributed by atoms with Crippen molar-refractivity contribution in [1.82, 2.24) is 10.2 Å². The molecule has 0 saturated heterocycles. The number of thiol groups is 1. The third-order valence-corrected chi connectivity index (χ3v) is 3.10. The van der Waals surface area contributed by atoms with Gasteiger partial charge in [-0.3, -0.25) is 0 Å². The molecule has 0 aliphatic rings. The zero-order valence-corrected chi connectivity index (χ0v) is 11.8. The molecule has 4 heteroatoms. The van der Waals surface area contributed by atoms with Gasteiger partial charge in [0, 0.05) is 12.8 Å². The fraction of sp³-hybridized carbons (Fsp3) is 0.833. The smallest absolute Gasteiger partial charge is 0.217 e. The second kappa shape index (κ2) is 4.78. The van der Waals surface area contributed by atoms with Gasteiger partial charge in [0.05, 0.1) is 0 Å². The first-order valence-electron chi connectivity index (χ1n) is 5.64. The summed E-state index contributed by atoms with van der Waals surface area (Å²) in [5.74, 6) is 2.26. The lowest BCUT2D eigenvalue weighted by Gasteiger charge is -2.19. The summed E-state index contributed by atoms with van der Waals surface area (Å²) in [5, 5.41) is 8.16. The van der Waals surface area contributed by atoms with Crippen molar-refractivity contribution in [1.29, 1.82) is 0 Å². The topological polar surface area (TPSA) is 38.9 Å². The van der Waals surface area contributed by atoms with Gasteiger partial charge in [-0.15, -0.1) is 10.2 Å². The molecule has 0 spiro atoms. The summed E-state index contributed by atoms with van der Waals surface area (Å²) < 4.78 is 5.64. The average molecular weight is 242 g/mol. The van der Waals surface area contributed by atoms with Crippen LogP contribution < -0.4 is 0 Å². The highest BCUT2D eigenvalue weighted by molar-refractivity contribution is 7.80. The van der Waals surface area contributed by atoms with Gasteiger partial charge in [-0.1, -0.05) is 34.6 Å². The van der Waals surface area contributed by atoms with E-state index in [1.165, 1.54) is 0 Å². The maximum atomic E-state index is 5.64. The van der Waals surface area contributed by atoms with E-state index in [9.17, 15) is 0 Å². The minimum absolute atomic E-state index is 0.106. The van der Waals surface area contributed by atoms with E-state index in [2.05, 4.69) is 57.4 Å². The van der Waals surface area contributed by atoms with Crippen LogP contribution in [0.25, 0.3) is 0 Å². The lowest BCUT2D eigenvalue weighted by Crippen LogP contribution is -2.17. The molecule has 0 aromatic carbocycles. The lowest BCUT2D eigenvalue weighted by atomic mass is 9.92. The summed E-state index contributed by atoms with van der Waals surface area (Å²) in [5.41, 5.74) is 0.289. The Kier molecular flexibility index (Phi) is 4.05. The van der Waals surface area contributed by atoms with Crippen LogP contribution in [0.15, 0.2) is 4.42 Å². The fourth-order valence-electron chi connectivity index (χ4n) is 1.35. The first-order valence-corrected chi connectivity index (χ1v) is 6.27. The van der Waals surface area contributed by atoms with Gasteiger partial charge in [0.1, 0.15) is 0 Å². The van der Waals surface area contributed by atoms with Crippen molar-refractivity contribution in [2.75, 3.05) is 5.75 Å². The average Bonchev–Trinajstić information content (AvgIpc) is 2.48. The number of rotatable bonds is 4. The predicted octanol–water partition coefficient (Wildman–Crippen LogP) is 3.16. The van der Waals surface area contributed by atoms with Crippen LogP contribution in [-0.4, -0.2) is 16.0 Å². The maximum Gasteiger partial charge on any atom is 0.217 e. The van der Waals surface area contributed by atoms with Gasteiger partial charge in [0.15, 0.2) is 0 Å². The molecule has 0 aliphatic heterocycles. The molecule has 92 valence electrons. The molecule has 0 fully saturated rings. The quantitative estimate of drug-likeness (QED) is 0.824. The maximum absolute atomic E-state index is 5.64. The van der Waals surface area contributed by atoms with E-state index in [-0.39, 0.29) is 10.8 Å². The minimum atomic E-state index is 0.106. The minimum Gasteiger partial charge on any atom is -0.425 e. The van der Waals surface area contributed by atoms with Gasteiger partial charge in [0.25, 0.3) is 0 Å². The van der Waals surface area contributed by atoms with Crippen molar-refractivity contribution in [3.63, 3.8) is 0 Å². The van der Waals surface area contributed by atoms with Crippen molar-refractivity contribution < 1.29 is 4.42 Å². The number of aromatic nitrogens is 2. The molecule has 1 aromatic rings. The van der Waals surface area contributed by atoms with E-state index in [1.54, 1.807) is 0 Å². The zero-order chi connectivity index (χ0) is 12.4. The van der Waals surface area contributed by atoms with Crippen LogP contribution in [0.5, 0.6) is 0 Å². The second-order valence-corrected chi connectivity index (χ2v) is 6.64. The van der Waals surface area contributed by atoms with Gasteiger partial charge in [-0.05, 0) is 16.6 Å². The number of hydrogen-bond donors (Lipinski definition) is 1. The standard InChI is InChI=1S/C12H22N2OS/c1-11(2,3)6-9-13-14-10(15-9)7-12(4,5)8-16/h16H,6-8H2,1-5H3. The van der Waals surface area contributed by atoms with Crippen LogP contribution in [0.2, 0.25) is 0 Å². The summed E-state index contributed by atoms with van der Waals surface area (Å²) in [6.45, 7) is 10.8. The van der Waals surface area contributed by atoms with E-state index in [0.29, 0.717) is 0 Å². The Labute approximate surface area is 103 Å². The second-order valence-electron chi connectivity index (χ2n) is 6.33. The van der Waals surface area contributed by atoms with E-state index in [0.717, 1.165) is 30.4 Å². The zero-order valence-electron chi connectivity index (χ0n) is 10.9. The molecule has 1 aromatic heterocycles. The van der Waals surface area contributed by atoms with E-state index in [4.69, 9.17) is 4.42 Å². The highest BCUT2D eigenvalue weighted by Crippen LogP contribution is 2.24. The number of nitrogens with zero attached hydrogens (tertiary/aromatic N) is 2. The molecular weight excluding hydrogens is 220 g/mol. The lowest BCUT2D eigenvalue weighted by molar-refractivity contribution is 0.321. The molecule has 3 nitrogen and oxygen atoms in total. The normalized spacial score (nSPS) is 13.1. The van der Waals surface area contributed by atoms with Crippen LogP contribution in [0.4, 0.5) is 0 Å². The molecule has 0 N–H and O–H groups in total. The third-order valence-electron chi connectivity index (χ3n) is 2.25. The Bertz CT molecular complexity index is 339. The Morgan fingerprint density at radius 3 is 1.94 bits per heavy atom. The summed E-state index contributed by atoms with van der Waals surface area (Å²) in [7, 11) is 0. The Hall–Kier alpha value is -0.510. The largest absolute Gasteiger partial charge is 0.425 e. The van der Waals surface area contributed by atoms with Crippen molar-refractivity contribution in [3.05, 3.63) is 11.8 Å². The summed E-state index contributed by atoms with van der Waals surface area (Å²) >= 11 is 4.32. The van der Waals surface area contributed by atoms with Crippen LogP contribution in [0, 0.1) is 10.8 Å². The van der Waals surface area contributed by atoms with Crippen LogP contribution >= 0.6 is 12.6 Å². The summed E-state index contributed by atoms with van der Waals surface area (Å²) in [6, 6.07) is 0. The van der Waals surface area contributed by atoms with Crippen LogP contribution in [0.1, 0.15) is 46.4 Å². The molecule has 0 saturated carbocycles. The Morgan fingerprint density at radius 2 is 1.50 bits per heavy atom. The van der Waals surface area contributed by atoms with Crippen molar-refractivity contribution in [2.24, 2.45) is 10.8 Å². The third kappa shape index (κ3) is 4.56. The first kappa shape index (κ1) is 13.6. The molecule has 0 radical (unpaired) electrons. The molecule has 0 amide bonds. The molecule has 0 aliphatic carbocycles. The predicted molar refractivity (Wildman–Crippen MR) is 68.8 cm³/mol. The monoisotopic (exact) mass is 242 g/mol. The molecule has 1 rings (SSSR count). The molecule has 16 heavy (non-hydrogen) atoms. The van der Waals surface area contributed by atoms with Gasteiger partial charge >= 0.3 is 0 Å². The van der Waals surface area contributed by atoms with Crippen molar-refractivity contribution >= 4 is 12.6 Å². The van der Waals surface area contributed by atoms with Crippen molar-refractivity contribution in [2.45, 2.75) is 47.5 Å². The molecule has 0 unspecified atom stereocenters. The van der Waals surface area contributed by atoms with Crippen LogP contribution in [-0.2, 0) is 12.8 Å².